The minimum atomic E-state index is -0.148. The van der Waals surface area contributed by atoms with Gasteiger partial charge < -0.3 is 10.4 Å². The van der Waals surface area contributed by atoms with E-state index in [0.717, 1.165) is 38.1 Å². The van der Waals surface area contributed by atoms with Crippen LogP contribution < -0.4 is 5.32 Å². The van der Waals surface area contributed by atoms with Crippen molar-refractivity contribution in [1.82, 2.24) is 5.32 Å². The molecule has 1 heterocycles. The normalized spacial score (nSPS) is 34.4. The summed E-state index contributed by atoms with van der Waals surface area (Å²) in [4.78, 5) is 4.42. The molecule has 1 aliphatic carbocycles. The fourth-order valence-corrected chi connectivity index (χ4v) is 2.14. The number of aliphatic hydroxyl groups excluding tert-OH is 1. The first-order valence-electron chi connectivity index (χ1n) is 5.34. The number of rotatable bonds is 1. The predicted octanol–water partition coefficient (Wildman–Crippen LogP) is 1.07. The van der Waals surface area contributed by atoms with Crippen molar-refractivity contribution in [3.8, 4) is 0 Å². The van der Waals surface area contributed by atoms with Crippen LogP contribution in [-0.2, 0) is 0 Å². The van der Waals surface area contributed by atoms with Gasteiger partial charge in [0.1, 0.15) is 0 Å². The van der Waals surface area contributed by atoms with Gasteiger partial charge in [0.2, 0.25) is 0 Å². The average Bonchev–Trinajstić information content (AvgIpc) is 2.54. The fraction of sp³-hybridized carbons (Fsp3) is 0.900. The van der Waals surface area contributed by atoms with Crippen LogP contribution in [-0.4, -0.2) is 29.6 Å². The zero-order valence-electron chi connectivity index (χ0n) is 8.00. The summed E-state index contributed by atoms with van der Waals surface area (Å²) < 4.78 is 0. The van der Waals surface area contributed by atoms with Crippen LogP contribution in [0.1, 0.15) is 38.5 Å². The molecule has 0 aromatic rings. The molecule has 1 fully saturated rings. The van der Waals surface area contributed by atoms with E-state index >= 15 is 0 Å². The van der Waals surface area contributed by atoms with E-state index in [4.69, 9.17) is 0 Å². The molecule has 74 valence electrons. The van der Waals surface area contributed by atoms with Gasteiger partial charge >= 0.3 is 0 Å². The number of amidine groups is 1. The van der Waals surface area contributed by atoms with Crippen molar-refractivity contribution in [3.05, 3.63) is 0 Å². The van der Waals surface area contributed by atoms with Gasteiger partial charge in [-0.05, 0) is 32.1 Å². The zero-order chi connectivity index (χ0) is 9.10. The molecule has 3 heteroatoms. The van der Waals surface area contributed by atoms with Gasteiger partial charge in [-0.1, -0.05) is 0 Å². The van der Waals surface area contributed by atoms with Crippen molar-refractivity contribution in [3.63, 3.8) is 0 Å². The second-order valence-corrected chi connectivity index (χ2v) is 4.03. The van der Waals surface area contributed by atoms with E-state index < -0.39 is 0 Å². The number of nitrogens with zero attached hydrogens (tertiary/aromatic N) is 1. The smallest absolute Gasteiger partial charge is 0.0966 e. The van der Waals surface area contributed by atoms with Gasteiger partial charge in [0.15, 0.2) is 0 Å². The van der Waals surface area contributed by atoms with Crippen LogP contribution in [0.3, 0.4) is 0 Å². The van der Waals surface area contributed by atoms with E-state index in [0.29, 0.717) is 0 Å². The second kappa shape index (κ2) is 4.09. The fourth-order valence-electron chi connectivity index (χ4n) is 2.14. The monoisotopic (exact) mass is 182 g/mol. The quantitative estimate of drug-likeness (QED) is 0.637. The Kier molecular flexibility index (Phi) is 2.83. The lowest BCUT2D eigenvalue weighted by Gasteiger charge is -2.21. The molecule has 0 aromatic carbocycles. The van der Waals surface area contributed by atoms with Crippen molar-refractivity contribution >= 4 is 5.84 Å². The molecule has 13 heavy (non-hydrogen) atoms. The maximum Gasteiger partial charge on any atom is 0.0966 e. The van der Waals surface area contributed by atoms with Gasteiger partial charge in [0.05, 0.1) is 18.0 Å². The summed E-state index contributed by atoms with van der Waals surface area (Å²) in [5.41, 5.74) is 0. The van der Waals surface area contributed by atoms with Gasteiger partial charge in [-0.3, -0.25) is 4.99 Å². The molecule has 2 aliphatic rings. The largest absolute Gasteiger partial charge is 0.391 e. The van der Waals surface area contributed by atoms with E-state index in [1.54, 1.807) is 0 Å². The Morgan fingerprint density at radius 1 is 1.23 bits per heavy atom. The van der Waals surface area contributed by atoms with Crippen LogP contribution in [0.5, 0.6) is 0 Å². The van der Waals surface area contributed by atoms with Gasteiger partial charge in [-0.15, -0.1) is 0 Å². The van der Waals surface area contributed by atoms with E-state index in [1.807, 2.05) is 0 Å². The van der Waals surface area contributed by atoms with E-state index in [1.165, 1.54) is 12.8 Å². The molecule has 0 radical (unpaired) electrons. The number of nitrogens with one attached hydrogen (secondary N) is 1. The number of hydrogen-bond acceptors (Lipinski definition) is 3. The maximum atomic E-state index is 9.60. The first-order valence-corrected chi connectivity index (χ1v) is 5.34. The molecule has 2 rings (SSSR count). The third-order valence-electron chi connectivity index (χ3n) is 2.96. The van der Waals surface area contributed by atoms with Crippen LogP contribution >= 0.6 is 0 Å². The molecule has 1 saturated carbocycles. The van der Waals surface area contributed by atoms with E-state index in [9.17, 15) is 5.11 Å². The second-order valence-electron chi connectivity index (χ2n) is 4.03. The number of hydrogen-bond donors (Lipinski definition) is 2. The highest BCUT2D eigenvalue weighted by Gasteiger charge is 2.25. The zero-order valence-corrected chi connectivity index (χ0v) is 8.00. The maximum absolute atomic E-state index is 9.60. The molecule has 2 atom stereocenters. The Labute approximate surface area is 79.3 Å². The summed E-state index contributed by atoms with van der Waals surface area (Å²) in [5.74, 6) is 1.12. The van der Waals surface area contributed by atoms with E-state index in [2.05, 4.69) is 10.3 Å². The van der Waals surface area contributed by atoms with Crippen molar-refractivity contribution in [2.45, 2.75) is 50.7 Å². The highest BCUT2D eigenvalue weighted by Crippen LogP contribution is 2.19. The molecule has 0 aromatic heterocycles. The molecule has 2 N–H and O–H groups in total. The summed E-state index contributed by atoms with van der Waals surface area (Å²) in [6.45, 7) is 0.963. The van der Waals surface area contributed by atoms with E-state index in [-0.39, 0.29) is 12.1 Å². The lowest BCUT2D eigenvalue weighted by Crippen LogP contribution is -2.40. The van der Waals surface area contributed by atoms with Gasteiger partial charge in [-0.25, -0.2) is 0 Å². The molecule has 2 unspecified atom stereocenters. The lowest BCUT2D eigenvalue weighted by atomic mass is 10.1. The molecule has 0 saturated heterocycles. The summed E-state index contributed by atoms with van der Waals surface area (Å²) >= 11 is 0. The third-order valence-corrected chi connectivity index (χ3v) is 2.96. The lowest BCUT2D eigenvalue weighted by molar-refractivity contribution is 0.157. The van der Waals surface area contributed by atoms with Crippen LogP contribution in [0.25, 0.3) is 0 Å². The van der Waals surface area contributed by atoms with Crippen molar-refractivity contribution < 1.29 is 5.11 Å². The summed E-state index contributed by atoms with van der Waals surface area (Å²) in [6.07, 6.45) is 6.58. The molecule has 0 spiro atoms. The van der Waals surface area contributed by atoms with Crippen molar-refractivity contribution in [2.24, 2.45) is 4.99 Å². The molecule has 0 amide bonds. The average molecular weight is 182 g/mol. The van der Waals surface area contributed by atoms with Crippen molar-refractivity contribution in [1.29, 1.82) is 0 Å². The summed E-state index contributed by atoms with van der Waals surface area (Å²) in [5, 5.41) is 13.0. The Morgan fingerprint density at radius 3 is 2.77 bits per heavy atom. The van der Waals surface area contributed by atoms with Gasteiger partial charge in [-0.2, -0.15) is 0 Å². The Balaban J connectivity index is 1.85. The van der Waals surface area contributed by atoms with Crippen LogP contribution in [0.2, 0.25) is 0 Å². The highest BCUT2D eigenvalue weighted by atomic mass is 16.3. The number of aliphatic imine (C=N–C) groups is 1. The SMILES string of the molecule is OC1CCCC1NC1=NCCCC1. The highest BCUT2D eigenvalue weighted by molar-refractivity contribution is 5.83. The molecular weight excluding hydrogens is 164 g/mol. The Morgan fingerprint density at radius 2 is 2.15 bits per heavy atom. The van der Waals surface area contributed by atoms with Gasteiger partial charge in [0, 0.05) is 13.0 Å². The topological polar surface area (TPSA) is 44.6 Å². The van der Waals surface area contributed by atoms with Gasteiger partial charge in [0.25, 0.3) is 0 Å². The molecular formula is C10H18N2O. The van der Waals surface area contributed by atoms with Crippen LogP contribution in [0.4, 0.5) is 0 Å². The third kappa shape index (κ3) is 2.21. The molecule has 1 aliphatic heterocycles. The predicted molar refractivity (Wildman–Crippen MR) is 52.9 cm³/mol. The molecule has 3 nitrogen and oxygen atoms in total. The first-order chi connectivity index (χ1) is 6.36. The van der Waals surface area contributed by atoms with Crippen LogP contribution in [0.15, 0.2) is 4.99 Å². The minimum Gasteiger partial charge on any atom is -0.391 e. The summed E-state index contributed by atoms with van der Waals surface area (Å²) in [6, 6.07) is 0.275. The summed E-state index contributed by atoms with van der Waals surface area (Å²) in [7, 11) is 0. The number of aliphatic hydroxyl groups is 1. The standard InChI is InChI=1S/C10H18N2O/c13-9-5-3-4-8(9)12-10-6-1-2-7-11-10/h8-9,13H,1-7H2,(H,11,12). The minimum absolute atomic E-state index is 0.148. The van der Waals surface area contributed by atoms with Crippen LogP contribution in [0, 0.1) is 0 Å². The Bertz CT molecular complexity index is 203. The van der Waals surface area contributed by atoms with Crippen molar-refractivity contribution in [2.75, 3.05) is 6.54 Å². The molecule has 0 bridgehead atoms. The first kappa shape index (κ1) is 9.00. The Hall–Kier alpha value is -0.570.